The van der Waals surface area contributed by atoms with Gasteiger partial charge in [-0.2, -0.15) is 5.26 Å². The fraction of sp³-hybridized carbons (Fsp3) is 0.429. The first-order valence-electron chi connectivity index (χ1n) is 6.12. The van der Waals surface area contributed by atoms with Gasteiger partial charge >= 0.3 is 0 Å². The summed E-state index contributed by atoms with van der Waals surface area (Å²) in [5.41, 5.74) is 1.18. The Morgan fingerprint density at radius 3 is 2.72 bits per heavy atom. The summed E-state index contributed by atoms with van der Waals surface area (Å²) in [6.45, 7) is 2.28. The quantitative estimate of drug-likeness (QED) is 0.802. The molecule has 0 N–H and O–H groups in total. The third-order valence-corrected chi connectivity index (χ3v) is 3.34. The molecule has 1 atom stereocenters. The van der Waals surface area contributed by atoms with Crippen LogP contribution in [0.1, 0.15) is 12.0 Å². The van der Waals surface area contributed by atoms with Crippen molar-refractivity contribution in [3.8, 4) is 6.07 Å². The van der Waals surface area contributed by atoms with Crippen molar-refractivity contribution in [2.45, 2.75) is 19.0 Å². The molecule has 1 fully saturated rings. The van der Waals surface area contributed by atoms with Crippen molar-refractivity contribution in [3.05, 3.63) is 35.9 Å². The number of likely N-dealkylation sites (N-methyl/N-ethyl adjacent to an activating group) is 1. The van der Waals surface area contributed by atoms with Crippen molar-refractivity contribution in [3.63, 3.8) is 0 Å². The van der Waals surface area contributed by atoms with E-state index >= 15 is 0 Å². The molecule has 2 rings (SSSR count). The Morgan fingerprint density at radius 2 is 2.06 bits per heavy atom. The molecule has 0 aromatic heterocycles. The van der Waals surface area contributed by atoms with E-state index in [1.807, 2.05) is 30.3 Å². The van der Waals surface area contributed by atoms with Crippen LogP contribution in [0, 0.1) is 11.3 Å². The predicted molar refractivity (Wildman–Crippen MR) is 68.5 cm³/mol. The molecule has 0 radical (unpaired) electrons. The molecule has 94 valence electrons. The second kappa shape index (κ2) is 5.65. The lowest BCUT2D eigenvalue weighted by atomic mass is 10.1. The van der Waals surface area contributed by atoms with Crippen LogP contribution >= 0.6 is 0 Å². The van der Waals surface area contributed by atoms with E-state index < -0.39 is 0 Å². The van der Waals surface area contributed by atoms with Gasteiger partial charge in [-0.25, -0.2) is 0 Å². The summed E-state index contributed by atoms with van der Waals surface area (Å²) in [6.07, 6.45) is 0.260. The lowest BCUT2D eigenvalue weighted by Gasteiger charge is -2.38. The first-order chi connectivity index (χ1) is 8.72. The van der Waals surface area contributed by atoms with Crippen LogP contribution in [-0.2, 0) is 11.3 Å². The molecule has 1 saturated heterocycles. The van der Waals surface area contributed by atoms with Gasteiger partial charge in [-0.3, -0.25) is 9.69 Å². The van der Waals surface area contributed by atoms with E-state index in [0.717, 1.165) is 19.6 Å². The van der Waals surface area contributed by atoms with Gasteiger partial charge in [0, 0.05) is 26.7 Å². The van der Waals surface area contributed by atoms with Crippen molar-refractivity contribution in [2.75, 3.05) is 20.1 Å². The SMILES string of the molecule is CN1CCN(Cc2ccccc2)C(CC#N)C1=O. The summed E-state index contributed by atoms with van der Waals surface area (Å²) >= 11 is 0. The monoisotopic (exact) mass is 243 g/mol. The number of nitrogens with zero attached hydrogens (tertiary/aromatic N) is 3. The predicted octanol–water partition coefficient (Wildman–Crippen LogP) is 1.24. The maximum atomic E-state index is 12.0. The molecule has 0 spiro atoms. The number of hydrogen-bond donors (Lipinski definition) is 0. The minimum atomic E-state index is -0.297. The van der Waals surface area contributed by atoms with Crippen LogP contribution in [0.5, 0.6) is 0 Å². The van der Waals surface area contributed by atoms with Gasteiger partial charge in [0.25, 0.3) is 0 Å². The van der Waals surface area contributed by atoms with Gasteiger partial charge in [-0.1, -0.05) is 30.3 Å². The van der Waals surface area contributed by atoms with Gasteiger partial charge in [0.05, 0.1) is 12.5 Å². The van der Waals surface area contributed by atoms with Crippen molar-refractivity contribution in [2.24, 2.45) is 0 Å². The fourth-order valence-electron chi connectivity index (χ4n) is 2.27. The van der Waals surface area contributed by atoms with Crippen LogP contribution in [0.25, 0.3) is 0 Å². The Balaban J connectivity index is 2.11. The zero-order valence-electron chi connectivity index (χ0n) is 10.5. The summed E-state index contributed by atoms with van der Waals surface area (Å²) in [4.78, 5) is 15.9. The summed E-state index contributed by atoms with van der Waals surface area (Å²) < 4.78 is 0. The molecule has 18 heavy (non-hydrogen) atoms. The highest BCUT2D eigenvalue weighted by Gasteiger charge is 2.32. The zero-order valence-corrected chi connectivity index (χ0v) is 10.5. The first-order valence-corrected chi connectivity index (χ1v) is 6.12. The highest BCUT2D eigenvalue weighted by molar-refractivity contribution is 5.82. The molecule has 1 amide bonds. The second-order valence-corrected chi connectivity index (χ2v) is 4.59. The van der Waals surface area contributed by atoms with Crippen LogP contribution in [0.4, 0.5) is 0 Å². The Bertz CT molecular complexity index is 452. The minimum Gasteiger partial charge on any atom is -0.343 e. The molecule has 0 aliphatic carbocycles. The van der Waals surface area contributed by atoms with Gasteiger partial charge in [0.1, 0.15) is 6.04 Å². The Hall–Kier alpha value is -1.86. The average molecular weight is 243 g/mol. The maximum absolute atomic E-state index is 12.0. The lowest BCUT2D eigenvalue weighted by molar-refractivity contribution is -0.140. The molecule has 1 heterocycles. The topological polar surface area (TPSA) is 47.3 Å². The molecule has 0 saturated carbocycles. The Labute approximate surface area is 107 Å². The molecule has 1 aromatic carbocycles. The third-order valence-electron chi connectivity index (χ3n) is 3.34. The highest BCUT2D eigenvalue weighted by atomic mass is 16.2. The van der Waals surface area contributed by atoms with Crippen LogP contribution in [0.15, 0.2) is 30.3 Å². The van der Waals surface area contributed by atoms with E-state index in [0.29, 0.717) is 0 Å². The molecule has 1 aromatic rings. The average Bonchev–Trinajstić information content (AvgIpc) is 2.39. The molecule has 0 bridgehead atoms. The number of piperazine rings is 1. The summed E-state index contributed by atoms with van der Waals surface area (Å²) in [5.74, 6) is 0.0544. The Kier molecular flexibility index (Phi) is 3.96. The van der Waals surface area contributed by atoms with Crippen molar-refractivity contribution < 1.29 is 4.79 Å². The normalized spacial score (nSPS) is 20.8. The molecule has 1 unspecified atom stereocenters. The molecule has 4 heteroatoms. The highest BCUT2D eigenvalue weighted by Crippen LogP contribution is 2.16. The van der Waals surface area contributed by atoms with E-state index in [2.05, 4.69) is 11.0 Å². The van der Waals surface area contributed by atoms with E-state index in [1.54, 1.807) is 11.9 Å². The third kappa shape index (κ3) is 2.69. The number of rotatable bonds is 3. The number of carbonyl (C=O) groups excluding carboxylic acids is 1. The van der Waals surface area contributed by atoms with Crippen LogP contribution in [0.2, 0.25) is 0 Å². The molecular formula is C14H17N3O. The van der Waals surface area contributed by atoms with E-state index in [4.69, 9.17) is 5.26 Å². The van der Waals surface area contributed by atoms with Gasteiger partial charge in [0.15, 0.2) is 0 Å². The number of nitriles is 1. The maximum Gasteiger partial charge on any atom is 0.240 e. The second-order valence-electron chi connectivity index (χ2n) is 4.59. The van der Waals surface area contributed by atoms with E-state index in [9.17, 15) is 4.79 Å². The van der Waals surface area contributed by atoms with Crippen molar-refractivity contribution >= 4 is 5.91 Å². The number of amides is 1. The minimum absolute atomic E-state index is 0.0544. The largest absolute Gasteiger partial charge is 0.343 e. The van der Waals surface area contributed by atoms with Gasteiger partial charge in [-0.05, 0) is 5.56 Å². The van der Waals surface area contributed by atoms with E-state index in [1.165, 1.54) is 5.56 Å². The Morgan fingerprint density at radius 1 is 1.33 bits per heavy atom. The molecular weight excluding hydrogens is 226 g/mol. The van der Waals surface area contributed by atoms with Gasteiger partial charge < -0.3 is 4.90 Å². The lowest BCUT2D eigenvalue weighted by Crippen LogP contribution is -2.55. The standard InChI is InChI=1S/C14H17N3O/c1-16-9-10-17(13(7-8-15)14(16)18)11-12-5-3-2-4-6-12/h2-6,13H,7,9-11H2,1H3. The number of carbonyl (C=O) groups is 1. The smallest absolute Gasteiger partial charge is 0.240 e. The molecule has 4 nitrogen and oxygen atoms in total. The summed E-state index contributed by atoms with van der Waals surface area (Å²) in [6, 6.07) is 11.9. The summed E-state index contributed by atoms with van der Waals surface area (Å²) in [7, 11) is 1.80. The van der Waals surface area contributed by atoms with Crippen LogP contribution in [0.3, 0.4) is 0 Å². The molecule has 1 aliphatic heterocycles. The first kappa shape index (κ1) is 12.6. The summed E-state index contributed by atoms with van der Waals surface area (Å²) in [5, 5.41) is 8.86. The van der Waals surface area contributed by atoms with Crippen molar-refractivity contribution in [1.82, 2.24) is 9.80 Å². The number of hydrogen-bond acceptors (Lipinski definition) is 3. The van der Waals surface area contributed by atoms with Crippen LogP contribution in [-0.4, -0.2) is 41.9 Å². The van der Waals surface area contributed by atoms with Crippen molar-refractivity contribution in [1.29, 1.82) is 5.26 Å². The van der Waals surface area contributed by atoms with Gasteiger partial charge in [0.2, 0.25) is 5.91 Å². The fourth-order valence-corrected chi connectivity index (χ4v) is 2.27. The van der Waals surface area contributed by atoms with Crippen LogP contribution < -0.4 is 0 Å². The van der Waals surface area contributed by atoms with E-state index in [-0.39, 0.29) is 18.4 Å². The van der Waals surface area contributed by atoms with Gasteiger partial charge in [-0.15, -0.1) is 0 Å². The zero-order chi connectivity index (χ0) is 13.0. The number of benzene rings is 1. The molecule has 1 aliphatic rings.